The van der Waals surface area contributed by atoms with Gasteiger partial charge >= 0.3 is 0 Å². The number of halogens is 2. The number of ether oxygens (including phenoxy) is 2. The first-order chi connectivity index (χ1) is 14.6. The molecule has 5 rings (SSSR count). The molecule has 2 N–H and O–H groups in total. The first kappa shape index (κ1) is 21.4. The summed E-state index contributed by atoms with van der Waals surface area (Å²) in [5, 5.41) is 3.14. The van der Waals surface area contributed by atoms with Gasteiger partial charge in [-0.15, -0.1) is 12.4 Å². The van der Waals surface area contributed by atoms with E-state index in [9.17, 15) is 9.18 Å². The highest BCUT2D eigenvalue weighted by Gasteiger charge is 2.30. The van der Waals surface area contributed by atoms with Crippen LogP contribution >= 0.6 is 12.4 Å². The van der Waals surface area contributed by atoms with Crippen LogP contribution in [0.3, 0.4) is 0 Å². The molecule has 2 aliphatic heterocycles. The topological polar surface area (TPSA) is 79.5 Å². The van der Waals surface area contributed by atoms with E-state index >= 15 is 0 Å². The van der Waals surface area contributed by atoms with Gasteiger partial charge < -0.3 is 19.8 Å². The number of hydrogen-bond acceptors (Lipinski definition) is 5. The Hall–Kier alpha value is -2.84. The Labute approximate surface area is 185 Å². The summed E-state index contributed by atoms with van der Waals surface area (Å²) >= 11 is 0. The third kappa shape index (κ3) is 4.31. The lowest BCUT2D eigenvalue weighted by atomic mass is 9.96. The number of aromatic amines is 1. The van der Waals surface area contributed by atoms with Crippen LogP contribution in [-0.2, 0) is 0 Å². The van der Waals surface area contributed by atoms with E-state index in [2.05, 4.69) is 20.2 Å². The maximum Gasteiger partial charge on any atom is 0.251 e. The van der Waals surface area contributed by atoms with Gasteiger partial charge in [0.15, 0.2) is 11.5 Å². The maximum absolute atomic E-state index is 13.5. The van der Waals surface area contributed by atoms with Crippen molar-refractivity contribution >= 4 is 29.3 Å². The summed E-state index contributed by atoms with van der Waals surface area (Å²) in [6, 6.07) is 9.82. The molecule has 2 aliphatic rings. The summed E-state index contributed by atoms with van der Waals surface area (Å²) in [7, 11) is 2.04. The van der Waals surface area contributed by atoms with Gasteiger partial charge in [0.25, 0.3) is 5.91 Å². The Balaban J connectivity index is 0.00000231. The van der Waals surface area contributed by atoms with Gasteiger partial charge in [-0.25, -0.2) is 9.37 Å². The highest BCUT2D eigenvalue weighted by Crippen LogP contribution is 2.32. The van der Waals surface area contributed by atoms with Crippen molar-refractivity contribution < 1.29 is 18.7 Å². The Kier molecular flexibility index (Phi) is 6.02. The average molecular weight is 447 g/mol. The van der Waals surface area contributed by atoms with Crippen LogP contribution < -0.4 is 14.8 Å². The van der Waals surface area contributed by atoms with Crippen molar-refractivity contribution in [2.24, 2.45) is 0 Å². The molecule has 7 nitrogen and oxygen atoms in total. The lowest BCUT2D eigenvalue weighted by molar-refractivity contribution is 0.0883. The molecule has 0 aliphatic carbocycles. The van der Waals surface area contributed by atoms with E-state index in [0.29, 0.717) is 35.8 Å². The van der Waals surface area contributed by atoms with Crippen LogP contribution in [0.15, 0.2) is 36.4 Å². The highest BCUT2D eigenvalue weighted by molar-refractivity contribution is 5.95. The zero-order valence-electron chi connectivity index (χ0n) is 17.1. The van der Waals surface area contributed by atoms with Crippen molar-refractivity contribution in [2.45, 2.75) is 24.9 Å². The van der Waals surface area contributed by atoms with Crippen LogP contribution in [0.2, 0.25) is 0 Å². The number of imidazole rings is 1. The largest absolute Gasteiger partial charge is 0.486 e. The molecule has 3 aromatic rings. The Morgan fingerprint density at radius 3 is 2.84 bits per heavy atom. The molecule has 1 amide bonds. The Morgan fingerprint density at radius 1 is 1.19 bits per heavy atom. The van der Waals surface area contributed by atoms with Crippen LogP contribution in [0.4, 0.5) is 4.39 Å². The molecule has 1 aromatic heterocycles. The van der Waals surface area contributed by atoms with E-state index in [1.807, 2.05) is 7.05 Å². The van der Waals surface area contributed by atoms with Crippen LogP contribution in [-0.4, -0.2) is 53.6 Å². The molecule has 0 radical (unpaired) electrons. The monoisotopic (exact) mass is 446 g/mol. The molecule has 0 bridgehead atoms. The minimum absolute atomic E-state index is 0. The Bertz CT molecular complexity index is 1110. The van der Waals surface area contributed by atoms with E-state index in [1.165, 1.54) is 12.1 Å². The quantitative estimate of drug-likeness (QED) is 0.644. The fourth-order valence-electron chi connectivity index (χ4n) is 4.15. The molecule has 0 saturated carbocycles. The van der Waals surface area contributed by atoms with Gasteiger partial charge in [-0.2, -0.15) is 0 Å². The van der Waals surface area contributed by atoms with Crippen molar-refractivity contribution in [1.29, 1.82) is 0 Å². The molecule has 164 valence electrons. The van der Waals surface area contributed by atoms with Gasteiger partial charge in [0.1, 0.15) is 24.9 Å². The molecule has 31 heavy (non-hydrogen) atoms. The minimum Gasteiger partial charge on any atom is -0.486 e. The van der Waals surface area contributed by atoms with E-state index in [4.69, 9.17) is 9.47 Å². The Morgan fingerprint density at radius 2 is 2.00 bits per heavy atom. The van der Waals surface area contributed by atoms with Crippen molar-refractivity contribution in [2.75, 3.05) is 26.8 Å². The van der Waals surface area contributed by atoms with E-state index < -0.39 is 0 Å². The van der Waals surface area contributed by atoms with Gasteiger partial charge in [0.2, 0.25) is 0 Å². The predicted molar refractivity (Wildman–Crippen MR) is 117 cm³/mol. The second-order valence-corrected chi connectivity index (χ2v) is 7.83. The summed E-state index contributed by atoms with van der Waals surface area (Å²) in [6.07, 6.45) is 1.56. The maximum atomic E-state index is 13.5. The molecule has 2 aromatic carbocycles. The predicted octanol–water partition coefficient (Wildman–Crippen LogP) is 3.46. The highest BCUT2D eigenvalue weighted by atomic mass is 35.5. The van der Waals surface area contributed by atoms with Gasteiger partial charge in [-0.3, -0.25) is 9.69 Å². The van der Waals surface area contributed by atoms with Gasteiger partial charge in [-0.1, -0.05) is 0 Å². The molecule has 0 unspecified atom stereocenters. The first-order valence-corrected chi connectivity index (χ1v) is 10.1. The zero-order valence-corrected chi connectivity index (χ0v) is 17.9. The fraction of sp³-hybridized carbons (Fsp3) is 0.364. The summed E-state index contributed by atoms with van der Waals surface area (Å²) in [5.74, 6) is 1.63. The number of carbonyl (C=O) groups is 1. The number of carbonyl (C=O) groups excluding carboxylic acids is 1. The fourth-order valence-corrected chi connectivity index (χ4v) is 4.15. The molecule has 1 fully saturated rings. The van der Waals surface area contributed by atoms with Crippen molar-refractivity contribution in [1.82, 2.24) is 20.2 Å². The smallest absolute Gasteiger partial charge is 0.251 e. The SMILES string of the molecule is CN1CC[C@@H](NC(=O)c2ccc3c(c2)OCCO3)C[C@@H]1c1nc2ccc(F)cc2[nH]1.Cl. The van der Waals surface area contributed by atoms with E-state index in [0.717, 1.165) is 30.7 Å². The van der Waals surface area contributed by atoms with Gasteiger partial charge in [-0.05, 0) is 56.3 Å². The lowest BCUT2D eigenvalue weighted by Gasteiger charge is -2.36. The van der Waals surface area contributed by atoms with Crippen LogP contribution in [0.5, 0.6) is 11.5 Å². The average Bonchev–Trinajstić information content (AvgIpc) is 3.17. The summed E-state index contributed by atoms with van der Waals surface area (Å²) in [5.41, 5.74) is 1.97. The number of hydrogen-bond donors (Lipinski definition) is 2. The van der Waals surface area contributed by atoms with Gasteiger partial charge in [0.05, 0.1) is 17.1 Å². The van der Waals surface area contributed by atoms with Crippen molar-refractivity contribution in [3.05, 3.63) is 53.6 Å². The van der Waals surface area contributed by atoms with E-state index in [-0.39, 0.29) is 36.2 Å². The number of rotatable bonds is 3. The van der Waals surface area contributed by atoms with Gasteiger partial charge in [0, 0.05) is 18.2 Å². The second-order valence-electron chi connectivity index (χ2n) is 7.83. The van der Waals surface area contributed by atoms with E-state index in [1.54, 1.807) is 24.3 Å². The molecule has 9 heteroatoms. The first-order valence-electron chi connectivity index (χ1n) is 10.1. The number of benzene rings is 2. The van der Waals surface area contributed by atoms with Crippen molar-refractivity contribution in [3.8, 4) is 11.5 Å². The number of likely N-dealkylation sites (tertiary alicyclic amines) is 1. The zero-order chi connectivity index (χ0) is 20.7. The molecule has 3 heterocycles. The number of nitrogens with one attached hydrogen (secondary N) is 2. The third-order valence-corrected chi connectivity index (χ3v) is 5.79. The molecule has 2 atom stereocenters. The number of nitrogens with zero attached hydrogens (tertiary/aromatic N) is 2. The number of piperidine rings is 1. The van der Waals surface area contributed by atoms with Crippen molar-refractivity contribution in [3.63, 3.8) is 0 Å². The minimum atomic E-state index is -0.292. The number of H-pyrrole nitrogens is 1. The van der Waals surface area contributed by atoms with Crippen LogP contribution in [0.25, 0.3) is 11.0 Å². The summed E-state index contributed by atoms with van der Waals surface area (Å²) in [6.45, 7) is 1.82. The standard InChI is InChI=1S/C22H23FN4O3.ClH/c1-27-7-6-15(12-18(27)21-25-16-4-3-14(23)11-17(16)26-21)24-22(28)13-2-5-19-20(10-13)30-9-8-29-19;/h2-5,10-11,15,18H,6-9,12H2,1H3,(H,24,28)(H,25,26);1H/t15-,18-;/m1./s1. The summed E-state index contributed by atoms with van der Waals surface area (Å²) in [4.78, 5) is 22.9. The number of aromatic nitrogens is 2. The number of fused-ring (bicyclic) bond motifs is 2. The molecular weight excluding hydrogens is 423 g/mol. The van der Waals surface area contributed by atoms with Crippen LogP contribution in [0.1, 0.15) is 35.1 Å². The lowest BCUT2D eigenvalue weighted by Crippen LogP contribution is -2.45. The van der Waals surface area contributed by atoms with Crippen LogP contribution in [0, 0.1) is 5.82 Å². The molecular formula is C22H24ClFN4O3. The third-order valence-electron chi connectivity index (χ3n) is 5.79. The summed E-state index contributed by atoms with van der Waals surface area (Å²) < 4.78 is 24.6. The number of amides is 1. The molecule has 0 spiro atoms. The normalized spacial score (nSPS) is 20.8. The second kappa shape index (κ2) is 8.72. The molecule has 1 saturated heterocycles.